The third-order valence-electron chi connectivity index (χ3n) is 7.85. The molecule has 3 aliphatic carbocycles. The fraction of sp³-hybridized carbons (Fsp3) is 0.407. The lowest BCUT2D eigenvalue weighted by atomic mass is 9.53. The highest BCUT2D eigenvalue weighted by Crippen LogP contribution is 2.57. The second-order valence-corrected chi connectivity index (χ2v) is 10.2. The predicted molar refractivity (Wildman–Crippen MR) is 145 cm³/mol. The van der Waals surface area contributed by atoms with Crippen LogP contribution in [0.5, 0.6) is 0 Å². The second kappa shape index (κ2) is 10.9. The summed E-state index contributed by atoms with van der Waals surface area (Å²) in [5.41, 5.74) is 13.4. The Labute approximate surface area is 217 Å². The Kier molecular flexibility index (Phi) is 7.66. The SMILES string of the molecule is N=C(N)NCCc1ccc(NC(=O)C23CCC(C(=O)Nc4ccc(CNC(=N)N)cc4)(CC2)CC3)cc1. The summed E-state index contributed by atoms with van der Waals surface area (Å²) in [6, 6.07) is 15.3. The van der Waals surface area contributed by atoms with Crippen LogP contribution in [0.2, 0.25) is 0 Å². The zero-order valence-electron chi connectivity index (χ0n) is 21.0. The Hall–Kier alpha value is -4.08. The first-order chi connectivity index (χ1) is 17.7. The van der Waals surface area contributed by atoms with Crippen molar-refractivity contribution in [1.29, 1.82) is 10.8 Å². The molecule has 10 N–H and O–H groups in total. The number of hydrogen-bond donors (Lipinski definition) is 8. The third kappa shape index (κ3) is 6.19. The van der Waals surface area contributed by atoms with Gasteiger partial charge in [0.2, 0.25) is 11.8 Å². The Bertz CT molecular complexity index is 1140. The summed E-state index contributed by atoms with van der Waals surface area (Å²) >= 11 is 0. The molecule has 0 spiro atoms. The van der Waals surface area contributed by atoms with Gasteiger partial charge in [-0.1, -0.05) is 24.3 Å². The minimum absolute atomic E-state index is 0.0330. The van der Waals surface area contributed by atoms with Crippen molar-refractivity contribution < 1.29 is 9.59 Å². The molecular weight excluding hydrogens is 468 g/mol. The van der Waals surface area contributed by atoms with Crippen LogP contribution in [0, 0.1) is 21.6 Å². The first-order valence-electron chi connectivity index (χ1n) is 12.7. The van der Waals surface area contributed by atoms with Gasteiger partial charge >= 0.3 is 0 Å². The Balaban J connectivity index is 1.29. The topological polar surface area (TPSA) is 182 Å². The van der Waals surface area contributed by atoms with Gasteiger partial charge in [0.25, 0.3) is 0 Å². The van der Waals surface area contributed by atoms with Crippen LogP contribution in [-0.4, -0.2) is 30.3 Å². The number of fused-ring (bicyclic) bond motifs is 3. The van der Waals surface area contributed by atoms with Gasteiger partial charge in [-0.25, -0.2) is 0 Å². The van der Waals surface area contributed by atoms with Gasteiger partial charge in [-0.15, -0.1) is 0 Å². The maximum Gasteiger partial charge on any atom is 0.230 e. The van der Waals surface area contributed by atoms with Gasteiger partial charge in [-0.05, 0) is 80.3 Å². The summed E-state index contributed by atoms with van der Waals surface area (Å²) in [7, 11) is 0. The van der Waals surface area contributed by atoms with Crippen molar-refractivity contribution in [2.75, 3.05) is 17.2 Å². The second-order valence-electron chi connectivity index (χ2n) is 10.2. The van der Waals surface area contributed by atoms with Crippen molar-refractivity contribution in [3.05, 3.63) is 59.7 Å². The number of guanidine groups is 2. The number of nitrogens with two attached hydrogens (primary N) is 2. The van der Waals surface area contributed by atoms with Gasteiger partial charge in [0, 0.05) is 35.3 Å². The van der Waals surface area contributed by atoms with E-state index in [2.05, 4.69) is 21.3 Å². The molecule has 0 aliphatic heterocycles. The Morgan fingerprint density at radius 3 is 1.49 bits per heavy atom. The molecule has 37 heavy (non-hydrogen) atoms. The number of anilines is 2. The number of carbonyl (C=O) groups is 2. The molecule has 2 aromatic rings. The number of benzene rings is 2. The molecule has 3 saturated carbocycles. The molecule has 2 amide bonds. The molecule has 0 atom stereocenters. The molecule has 0 saturated heterocycles. The molecule has 3 aliphatic rings. The lowest BCUT2D eigenvalue weighted by Crippen LogP contribution is -2.52. The molecule has 0 unspecified atom stereocenters. The summed E-state index contributed by atoms with van der Waals surface area (Å²) in [6.07, 6.45) is 4.96. The van der Waals surface area contributed by atoms with Crippen LogP contribution >= 0.6 is 0 Å². The van der Waals surface area contributed by atoms with E-state index in [0.29, 0.717) is 51.6 Å². The lowest BCUT2D eigenvalue weighted by Gasteiger charge is -2.51. The summed E-state index contributed by atoms with van der Waals surface area (Å²) in [5, 5.41) is 26.2. The van der Waals surface area contributed by atoms with Gasteiger partial charge in [0.1, 0.15) is 0 Å². The minimum atomic E-state index is -0.424. The number of amides is 2. The van der Waals surface area contributed by atoms with Crippen LogP contribution in [0.25, 0.3) is 0 Å². The maximum absolute atomic E-state index is 13.3. The molecule has 3 fully saturated rings. The highest BCUT2D eigenvalue weighted by molar-refractivity contribution is 5.98. The maximum atomic E-state index is 13.3. The van der Waals surface area contributed by atoms with Gasteiger partial charge in [0.05, 0.1) is 0 Å². The fourth-order valence-corrected chi connectivity index (χ4v) is 5.39. The third-order valence-corrected chi connectivity index (χ3v) is 7.85. The first-order valence-corrected chi connectivity index (χ1v) is 12.7. The van der Waals surface area contributed by atoms with Crippen molar-refractivity contribution in [2.24, 2.45) is 22.3 Å². The highest BCUT2D eigenvalue weighted by atomic mass is 16.2. The molecule has 0 heterocycles. The molecule has 10 heteroatoms. The van der Waals surface area contributed by atoms with E-state index in [1.807, 2.05) is 48.5 Å². The van der Waals surface area contributed by atoms with E-state index in [-0.39, 0.29) is 23.7 Å². The van der Waals surface area contributed by atoms with E-state index in [4.69, 9.17) is 22.3 Å². The van der Waals surface area contributed by atoms with Gasteiger partial charge in [0.15, 0.2) is 11.9 Å². The van der Waals surface area contributed by atoms with Crippen LogP contribution in [0.15, 0.2) is 48.5 Å². The largest absolute Gasteiger partial charge is 0.370 e. The molecule has 5 rings (SSSR count). The summed E-state index contributed by atoms with van der Waals surface area (Å²) in [5.74, 6) is -0.0462. The van der Waals surface area contributed by atoms with E-state index in [1.165, 1.54) is 0 Å². The van der Waals surface area contributed by atoms with E-state index in [1.54, 1.807) is 0 Å². The van der Waals surface area contributed by atoms with Crippen molar-refractivity contribution in [1.82, 2.24) is 10.6 Å². The van der Waals surface area contributed by atoms with Crippen molar-refractivity contribution in [3.8, 4) is 0 Å². The van der Waals surface area contributed by atoms with Crippen molar-refractivity contribution >= 4 is 35.1 Å². The van der Waals surface area contributed by atoms with E-state index < -0.39 is 10.8 Å². The Morgan fingerprint density at radius 2 is 1.08 bits per heavy atom. The van der Waals surface area contributed by atoms with E-state index in [9.17, 15) is 9.59 Å². The monoisotopic (exact) mass is 504 g/mol. The van der Waals surface area contributed by atoms with Crippen LogP contribution in [0.3, 0.4) is 0 Å². The number of nitrogens with one attached hydrogen (secondary N) is 6. The quantitative estimate of drug-likeness (QED) is 0.192. The fourth-order valence-electron chi connectivity index (χ4n) is 5.39. The normalized spacial score (nSPS) is 22.1. The van der Waals surface area contributed by atoms with E-state index in [0.717, 1.165) is 28.9 Å². The number of rotatable bonds is 9. The van der Waals surface area contributed by atoms with Crippen molar-refractivity contribution in [3.63, 3.8) is 0 Å². The summed E-state index contributed by atoms with van der Waals surface area (Å²) < 4.78 is 0. The molecule has 2 bridgehead atoms. The average molecular weight is 505 g/mol. The average Bonchev–Trinajstić information content (AvgIpc) is 2.90. The number of carbonyl (C=O) groups excluding carboxylic acids is 2. The standard InChI is InChI=1S/C27H36N8O2/c28-24(29)32-16-9-18-1-5-20(6-2-18)34-22(36)26-10-13-27(14-11-26,15-12-26)23(37)35-21-7-3-19(4-8-21)17-33-25(30)31/h1-8H,9-17H2,(H,34,36)(H,35,37)(H4,28,29,32)(H4,30,31,33). The lowest BCUT2D eigenvalue weighted by molar-refractivity contribution is -0.144. The van der Waals surface area contributed by atoms with Crippen molar-refractivity contribution in [2.45, 2.75) is 51.5 Å². The van der Waals surface area contributed by atoms with E-state index >= 15 is 0 Å². The molecule has 0 aromatic heterocycles. The van der Waals surface area contributed by atoms with Gasteiger partial charge in [-0.3, -0.25) is 20.4 Å². The molecule has 10 nitrogen and oxygen atoms in total. The summed E-state index contributed by atoms with van der Waals surface area (Å²) in [4.78, 5) is 26.5. The Morgan fingerprint density at radius 1 is 0.676 bits per heavy atom. The first kappa shape index (κ1) is 26.0. The molecular formula is C27H36N8O2. The molecule has 2 aromatic carbocycles. The predicted octanol–water partition coefficient (Wildman–Crippen LogP) is 2.61. The van der Waals surface area contributed by atoms with Crippen LogP contribution < -0.4 is 32.7 Å². The van der Waals surface area contributed by atoms with Gasteiger partial charge in [-0.2, -0.15) is 0 Å². The molecule has 0 radical (unpaired) electrons. The van der Waals surface area contributed by atoms with Crippen LogP contribution in [0.1, 0.15) is 49.7 Å². The number of hydrogen-bond acceptors (Lipinski definition) is 4. The highest BCUT2D eigenvalue weighted by Gasteiger charge is 2.55. The zero-order valence-corrected chi connectivity index (χ0v) is 21.0. The smallest absolute Gasteiger partial charge is 0.230 e. The molecule has 196 valence electrons. The van der Waals surface area contributed by atoms with Crippen LogP contribution in [-0.2, 0) is 22.6 Å². The minimum Gasteiger partial charge on any atom is -0.370 e. The zero-order chi connectivity index (χ0) is 26.5. The summed E-state index contributed by atoms with van der Waals surface area (Å²) in [6.45, 7) is 1.05. The van der Waals surface area contributed by atoms with Gasteiger partial charge < -0.3 is 32.7 Å². The van der Waals surface area contributed by atoms with Crippen LogP contribution in [0.4, 0.5) is 11.4 Å².